The van der Waals surface area contributed by atoms with Crippen LogP contribution in [0.3, 0.4) is 0 Å². The van der Waals surface area contributed by atoms with Crippen LogP contribution in [0, 0.1) is 12.7 Å². The molecule has 0 amide bonds. The molecule has 0 unspecified atom stereocenters. The molecule has 1 aromatic heterocycles. The number of phenols is 1. The van der Waals surface area contributed by atoms with E-state index in [0.717, 1.165) is 16.8 Å². The van der Waals surface area contributed by atoms with Crippen LogP contribution in [0.15, 0.2) is 40.8 Å². The van der Waals surface area contributed by atoms with Crippen LogP contribution >= 0.6 is 0 Å². The lowest BCUT2D eigenvalue weighted by atomic mass is 10.2. The fourth-order valence-electron chi connectivity index (χ4n) is 2.05. The van der Waals surface area contributed by atoms with Gasteiger partial charge in [-0.3, -0.25) is 0 Å². The molecule has 20 heavy (non-hydrogen) atoms. The fraction of sp³-hybridized carbons (Fsp3) is 0.133. The molecule has 0 saturated heterocycles. The van der Waals surface area contributed by atoms with E-state index in [1.165, 1.54) is 6.07 Å². The van der Waals surface area contributed by atoms with Crippen molar-refractivity contribution in [1.82, 2.24) is 4.98 Å². The predicted molar refractivity (Wildman–Crippen MR) is 74.1 cm³/mol. The maximum atomic E-state index is 13.2. The van der Waals surface area contributed by atoms with Crippen molar-refractivity contribution < 1.29 is 13.9 Å². The Labute approximate surface area is 114 Å². The topological polar surface area (TPSA) is 58.3 Å². The summed E-state index contributed by atoms with van der Waals surface area (Å²) in [6.45, 7) is 2.11. The van der Waals surface area contributed by atoms with E-state index >= 15 is 0 Å². The molecule has 2 N–H and O–H groups in total. The van der Waals surface area contributed by atoms with Crippen LogP contribution in [0.4, 0.5) is 10.1 Å². The van der Waals surface area contributed by atoms with Crippen molar-refractivity contribution in [1.29, 1.82) is 0 Å². The summed E-state index contributed by atoms with van der Waals surface area (Å²) >= 11 is 0. The number of aromatic hydroxyl groups is 1. The second-order valence-electron chi connectivity index (χ2n) is 4.52. The molecule has 102 valence electrons. The molecule has 0 fully saturated rings. The molecule has 0 atom stereocenters. The van der Waals surface area contributed by atoms with E-state index in [1.54, 1.807) is 19.1 Å². The summed E-state index contributed by atoms with van der Waals surface area (Å²) in [5.41, 5.74) is 2.81. The van der Waals surface area contributed by atoms with Gasteiger partial charge >= 0.3 is 0 Å². The van der Waals surface area contributed by atoms with Crippen molar-refractivity contribution in [2.45, 2.75) is 13.5 Å². The van der Waals surface area contributed by atoms with Gasteiger partial charge in [0.15, 0.2) is 23.0 Å². The Bertz CT molecular complexity index is 768. The van der Waals surface area contributed by atoms with E-state index in [9.17, 15) is 9.50 Å². The average molecular weight is 272 g/mol. The summed E-state index contributed by atoms with van der Waals surface area (Å²) < 4.78 is 18.6. The van der Waals surface area contributed by atoms with Crippen LogP contribution < -0.4 is 5.32 Å². The van der Waals surface area contributed by atoms with Gasteiger partial charge in [-0.2, -0.15) is 0 Å². The Morgan fingerprint density at radius 2 is 2.15 bits per heavy atom. The fourth-order valence-corrected chi connectivity index (χ4v) is 2.05. The number of phenolic OH excluding ortho intramolecular Hbond substituents is 1. The Hall–Kier alpha value is -2.56. The van der Waals surface area contributed by atoms with Gasteiger partial charge in [0.25, 0.3) is 0 Å². The summed E-state index contributed by atoms with van der Waals surface area (Å²) in [6.07, 6.45) is 0. The number of aromatic nitrogens is 1. The Kier molecular flexibility index (Phi) is 3.02. The zero-order valence-corrected chi connectivity index (χ0v) is 10.9. The van der Waals surface area contributed by atoms with Gasteiger partial charge < -0.3 is 14.8 Å². The minimum Gasteiger partial charge on any atom is -0.505 e. The maximum absolute atomic E-state index is 13.2. The summed E-state index contributed by atoms with van der Waals surface area (Å²) in [5, 5.41) is 12.7. The molecule has 3 rings (SSSR count). The molecule has 1 heterocycles. The van der Waals surface area contributed by atoms with E-state index in [1.807, 2.05) is 18.2 Å². The molecule has 0 aliphatic carbocycles. The van der Waals surface area contributed by atoms with Gasteiger partial charge in [0.1, 0.15) is 5.52 Å². The van der Waals surface area contributed by atoms with Crippen LogP contribution in [0.1, 0.15) is 11.5 Å². The second kappa shape index (κ2) is 4.85. The standard InChI is InChI=1S/C15H13FN2O2/c1-9-18-13-7-11(5-6-14(13)20-9)17-8-10-3-2-4-12(16)15(10)19/h2-7,17,19H,8H2,1H3. The Morgan fingerprint density at radius 1 is 1.30 bits per heavy atom. The largest absolute Gasteiger partial charge is 0.505 e. The second-order valence-corrected chi connectivity index (χ2v) is 4.52. The molecular formula is C15H13FN2O2. The number of oxazole rings is 1. The van der Waals surface area contributed by atoms with Gasteiger partial charge in [-0.25, -0.2) is 9.37 Å². The lowest BCUT2D eigenvalue weighted by Gasteiger charge is -2.08. The molecule has 0 bridgehead atoms. The first-order valence-corrected chi connectivity index (χ1v) is 6.21. The zero-order valence-electron chi connectivity index (χ0n) is 10.9. The first-order valence-electron chi connectivity index (χ1n) is 6.21. The van der Waals surface area contributed by atoms with Crippen LogP contribution in [0.25, 0.3) is 11.1 Å². The van der Waals surface area contributed by atoms with Crippen LogP contribution in [-0.2, 0) is 6.54 Å². The minimum atomic E-state index is -0.619. The molecule has 0 spiro atoms. The van der Waals surface area contributed by atoms with E-state index in [0.29, 0.717) is 18.0 Å². The lowest BCUT2D eigenvalue weighted by molar-refractivity contribution is 0.427. The zero-order chi connectivity index (χ0) is 14.1. The number of nitrogens with one attached hydrogen (secondary N) is 1. The summed E-state index contributed by atoms with van der Waals surface area (Å²) in [7, 11) is 0. The molecule has 5 heteroatoms. The number of hydrogen-bond acceptors (Lipinski definition) is 4. The van der Waals surface area contributed by atoms with Gasteiger partial charge in [0.2, 0.25) is 0 Å². The van der Waals surface area contributed by atoms with Crippen molar-refractivity contribution in [3.8, 4) is 5.75 Å². The molecule has 0 aliphatic heterocycles. The van der Waals surface area contributed by atoms with Crippen molar-refractivity contribution >= 4 is 16.8 Å². The molecule has 3 aromatic rings. The highest BCUT2D eigenvalue weighted by atomic mass is 19.1. The van der Waals surface area contributed by atoms with Crippen LogP contribution in [0.5, 0.6) is 5.75 Å². The van der Waals surface area contributed by atoms with Crippen LogP contribution in [0.2, 0.25) is 0 Å². The first kappa shape index (κ1) is 12.5. The number of hydrogen-bond donors (Lipinski definition) is 2. The molecule has 0 radical (unpaired) electrons. The summed E-state index contributed by atoms with van der Waals surface area (Å²) in [6, 6.07) is 9.98. The SMILES string of the molecule is Cc1nc2cc(NCc3cccc(F)c3O)ccc2o1. The normalized spacial score (nSPS) is 10.9. The average Bonchev–Trinajstić information content (AvgIpc) is 2.79. The van der Waals surface area contributed by atoms with E-state index in [2.05, 4.69) is 10.3 Å². The van der Waals surface area contributed by atoms with Gasteiger partial charge in [-0.1, -0.05) is 12.1 Å². The third-order valence-electron chi connectivity index (χ3n) is 3.05. The number of benzene rings is 2. The Balaban J connectivity index is 1.81. The van der Waals surface area contributed by atoms with Gasteiger partial charge in [-0.15, -0.1) is 0 Å². The highest BCUT2D eigenvalue weighted by Crippen LogP contribution is 2.23. The van der Waals surface area contributed by atoms with Gasteiger partial charge in [-0.05, 0) is 24.3 Å². The minimum absolute atomic E-state index is 0.321. The van der Waals surface area contributed by atoms with Crippen molar-refractivity contribution in [3.05, 3.63) is 53.7 Å². The molecule has 0 aliphatic rings. The molecule has 0 saturated carbocycles. The number of fused-ring (bicyclic) bond motifs is 1. The Morgan fingerprint density at radius 3 is 3.00 bits per heavy atom. The van der Waals surface area contributed by atoms with Gasteiger partial charge in [0.05, 0.1) is 0 Å². The van der Waals surface area contributed by atoms with Crippen molar-refractivity contribution in [3.63, 3.8) is 0 Å². The lowest BCUT2D eigenvalue weighted by Crippen LogP contribution is -2.00. The van der Waals surface area contributed by atoms with Crippen molar-refractivity contribution in [2.75, 3.05) is 5.32 Å². The number of rotatable bonds is 3. The molecular weight excluding hydrogens is 259 g/mol. The summed E-state index contributed by atoms with van der Waals surface area (Å²) in [5.74, 6) is -0.329. The highest BCUT2D eigenvalue weighted by Gasteiger charge is 2.07. The smallest absolute Gasteiger partial charge is 0.192 e. The summed E-state index contributed by atoms with van der Waals surface area (Å²) in [4.78, 5) is 4.24. The van der Waals surface area contributed by atoms with Crippen molar-refractivity contribution in [2.24, 2.45) is 0 Å². The quantitative estimate of drug-likeness (QED) is 0.765. The van der Waals surface area contributed by atoms with Crippen LogP contribution in [-0.4, -0.2) is 10.1 Å². The predicted octanol–water partition coefficient (Wildman–Crippen LogP) is 3.59. The van der Waals surface area contributed by atoms with E-state index in [4.69, 9.17) is 4.42 Å². The number of nitrogens with zero attached hydrogens (tertiary/aromatic N) is 1. The monoisotopic (exact) mass is 272 g/mol. The molecule has 2 aromatic carbocycles. The number of para-hydroxylation sites is 1. The van der Waals surface area contributed by atoms with Gasteiger partial charge in [0, 0.05) is 24.7 Å². The highest BCUT2D eigenvalue weighted by molar-refractivity contribution is 5.77. The first-order chi connectivity index (χ1) is 9.63. The number of halogens is 1. The third-order valence-corrected chi connectivity index (χ3v) is 3.05. The number of aryl methyl sites for hydroxylation is 1. The maximum Gasteiger partial charge on any atom is 0.192 e. The van der Waals surface area contributed by atoms with E-state index < -0.39 is 5.82 Å². The van der Waals surface area contributed by atoms with E-state index in [-0.39, 0.29) is 5.75 Å². The third kappa shape index (κ3) is 2.30. The number of anilines is 1. The molecule has 4 nitrogen and oxygen atoms in total.